The summed E-state index contributed by atoms with van der Waals surface area (Å²) in [5.74, 6) is 15.1. The van der Waals surface area contributed by atoms with E-state index in [0.29, 0.717) is 110 Å². The van der Waals surface area contributed by atoms with Crippen LogP contribution in [-0.4, -0.2) is 111 Å². The molecule has 0 saturated heterocycles. The molecule has 0 aliphatic rings. The van der Waals surface area contributed by atoms with Crippen LogP contribution in [0.3, 0.4) is 0 Å². The van der Waals surface area contributed by atoms with Gasteiger partial charge in [-0.1, -0.05) is 125 Å². The van der Waals surface area contributed by atoms with Gasteiger partial charge in [0.1, 0.15) is 39.8 Å². The summed E-state index contributed by atoms with van der Waals surface area (Å²) < 4.78 is 26.0. The highest BCUT2D eigenvalue weighted by Crippen LogP contribution is 2.23. The molecule has 0 spiro atoms. The molecule has 4 rings (SSSR count). The Morgan fingerprint density at radius 3 is 1.03 bits per heavy atom. The standard InChI is InChI=1S/C21H29NO4.C16H21NO2.C14H20BrNO3.C10H18O5.C9H12BrNO.C7H10O/c1-5-18(23)12-7-6-9-16-10-8-11-17(15-16)19(24)13-14-22-20(25)26-21(2,3)4;1-2-15(18)9-4-3-6-13-7-5-8-14(12-13)16(19)10-11-17;1-14(2,3)19-13(18)16-8-7-12(17)10-5-4-6-11(15)9-10;1-9(2,3)14-7(11)13-8(12)15-10(4,5)6;10-8-3-1-2-7(6-8)9(12)4-5-11;1-3-5-6-7(8)4-2/h8,10-11,15,19,24H,5,7,12-14H2,1-4H3,(H,22,25);5,7-8,12,16,19H,2,4,9-11,17H2,1H3;4-6,9,12,17H,7-8H2,1-3H3,(H,16,18);1-6H3;1-3,6,9,12H,4-5,11H2;1H,4-6H2,2H3. The summed E-state index contributed by atoms with van der Waals surface area (Å²) in [6.07, 6.45) is 6.52. The van der Waals surface area contributed by atoms with Crippen molar-refractivity contribution in [3.8, 4) is 36.0 Å². The molecule has 0 fully saturated rings. The van der Waals surface area contributed by atoms with Gasteiger partial charge in [0.2, 0.25) is 0 Å². The van der Waals surface area contributed by atoms with Crippen molar-refractivity contribution in [3.63, 3.8) is 0 Å². The van der Waals surface area contributed by atoms with Crippen LogP contribution < -0.4 is 22.1 Å². The van der Waals surface area contributed by atoms with Gasteiger partial charge in [0.25, 0.3) is 0 Å². The van der Waals surface area contributed by atoms with E-state index in [2.05, 4.69) is 76.8 Å². The van der Waals surface area contributed by atoms with Crippen molar-refractivity contribution < 1.29 is 77.7 Å². The molecular weight excluding hydrogens is 1400 g/mol. The van der Waals surface area contributed by atoms with Gasteiger partial charge in [0.15, 0.2) is 0 Å². The number of rotatable bonds is 23. The number of carbonyl (C=O) groups excluding carboxylic acids is 7. The summed E-state index contributed by atoms with van der Waals surface area (Å²) in [4.78, 5) is 77.9. The van der Waals surface area contributed by atoms with E-state index in [1.54, 1.807) is 62.3 Å². The Bertz CT molecular complexity index is 3200. The Morgan fingerprint density at radius 1 is 0.455 bits per heavy atom. The number of carbonyl (C=O) groups is 7. The van der Waals surface area contributed by atoms with Gasteiger partial charge in [-0.05, 0) is 193 Å². The molecule has 0 saturated carbocycles. The van der Waals surface area contributed by atoms with Gasteiger partial charge < -0.3 is 66.2 Å². The summed E-state index contributed by atoms with van der Waals surface area (Å²) in [5, 5.41) is 44.9. The lowest BCUT2D eigenvalue weighted by Crippen LogP contribution is -2.33. The molecule has 0 aliphatic carbocycles. The highest BCUT2D eigenvalue weighted by molar-refractivity contribution is 9.10. The smallest absolute Gasteiger partial charge is 0.444 e. The summed E-state index contributed by atoms with van der Waals surface area (Å²) in [7, 11) is 0. The summed E-state index contributed by atoms with van der Waals surface area (Å²) in [5.41, 5.74) is 13.3. The summed E-state index contributed by atoms with van der Waals surface area (Å²) in [6.45, 7) is 28.0. The molecule has 0 aromatic heterocycles. The van der Waals surface area contributed by atoms with Gasteiger partial charge in [-0.3, -0.25) is 14.4 Å². The van der Waals surface area contributed by atoms with Crippen LogP contribution in [0.2, 0.25) is 0 Å². The fraction of sp³-hybridized carbons (Fsp3) is 0.519. The van der Waals surface area contributed by atoms with E-state index in [9.17, 15) is 54.0 Å². The third kappa shape index (κ3) is 54.1. The molecule has 99 heavy (non-hydrogen) atoms. The Balaban J connectivity index is 0. The first kappa shape index (κ1) is 93.6. The van der Waals surface area contributed by atoms with Gasteiger partial charge in [0.05, 0.1) is 24.4 Å². The maximum atomic E-state index is 11.6. The number of alkyl carbamates (subject to hydrolysis) is 2. The number of Topliss-reactive ketones (excluding diaryl/α,β-unsaturated/α-hetero) is 3. The van der Waals surface area contributed by atoms with Crippen LogP contribution in [0.15, 0.2) is 106 Å². The predicted octanol–water partition coefficient (Wildman–Crippen LogP) is 15.4. The zero-order chi connectivity index (χ0) is 75.8. The Morgan fingerprint density at radius 2 is 0.747 bits per heavy atom. The molecule has 10 N–H and O–H groups in total. The first-order chi connectivity index (χ1) is 46.2. The van der Waals surface area contributed by atoms with E-state index in [-0.39, 0.29) is 17.3 Å². The third-order valence-corrected chi connectivity index (χ3v) is 13.2. The summed E-state index contributed by atoms with van der Waals surface area (Å²) in [6, 6.07) is 30.0. The van der Waals surface area contributed by atoms with E-state index < -0.39 is 71.3 Å². The lowest BCUT2D eigenvalue weighted by atomic mass is 10.0. The Labute approximate surface area is 605 Å². The van der Waals surface area contributed by atoms with Gasteiger partial charge in [-0.2, -0.15) is 0 Å². The van der Waals surface area contributed by atoms with Crippen molar-refractivity contribution in [2.45, 2.75) is 234 Å². The van der Waals surface area contributed by atoms with Crippen LogP contribution in [0.1, 0.15) is 245 Å². The maximum Gasteiger partial charge on any atom is 0.519 e. The van der Waals surface area contributed by atoms with Crippen molar-refractivity contribution >= 4 is 73.7 Å². The maximum absolute atomic E-state index is 11.6. The Kier molecular flexibility index (Phi) is 48.9. The van der Waals surface area contributed by atoms with Crippen LogP contribution in [0.25, 0.3) is 0 Å². The zero-order valence-corrected chi connectivity index (χ0v) is 63.9. The number of nitrogens with one attached hydrogen (secondary N) is 2. The van der Waals surface area contributed by atoms with Crippen molar-refractivity contribution in [1.29, 1.82) is 0 Å². The van der Waals surface area contributed by atoms with Crippen molar-refractivity contribution in [3.05, 3.63) is 139 Å². The minimum Gasteiger partial charge on any atom is -0.444 e. The first-order valence-electron chi connectivity index (χ1n) is 33.1. The second-order valence-corrected chi connectivity index (χ2v) is 27.9. The highest BCUT2D eigenvalue weighted by Gasteiger charge is 2.25. The van der Waals surface area contributed by atoms with Gasteiger partial charge in [-0.15, -0.1) is 12.3 Å². The molecule has 0 bridgehead atoms. The average Bonchev–Trinajstić information content (AvgIpc) is 0.925. The van der Waals surface area contributed by atoms with E-state index in [1.165, 1.54) is 0 Å². The number of nitrogens with two attached hydrogens (primary N) is 2. The minimum absolute atomic E-state index is 0.209. The van der Waals surface area contributed by atoms with Crippen molar-refractivity contribution in [2.24, 2.45) is 11.5 Å². The van der Waals surface area contributed by atoms with E-state index in [4.69, 9.17) is 36.8 Å². The normalized spacial score (nSPS) is 11.8. The van der Waals surface area contributed by atoms with Gasteiger partial charge in [-0.25, -0.2) is 19.2 Å². The number of amides is 2. The number of ketones is 3. The molecule has 4 aromatic carbocycles. The van der Waals surface area contributed by atoms with Crippen LogP contribution >= 0.6 is 31.9 Å². The summed E-state index contributed by atoms with van der Waals surface area (Å²) >= 11 is 6.69. The predicted molar refractivity (Wildman–Crippen MR) is 396 cm³/mol. The monoisotopic (exact) mass is 1500 g/mol. The molecule has 0 aliphatic heterocycles. The highest BCUT2D eigenvalue weighted by atomic mass is 79.9. The largest absolute Gasteiger partial charge is 0.519 e. The number of ether oxygens (including phenoxy) is 5. The number of hydrogen-bond donors (Lipinski definition) is 8. The average molecular weight is 1510 g/mol. The van der Waals surface area contributed by atoms with Crippen LogP contribution in [0.4, 0.5) is 19.2 Å². The number of aliphatic hydroxyl groups is 4. The SMILES string of the molecule is C#CCCC(=O)CC.CC(C)(C)OC(=O)NCCC(O)c1cccc(Br)c1.CC(C)(C)OC(=O)OC(=O)OC(C)(C)C.CCC(=O)CCC#Cc1cccc(C(O)CCN)c1.CCC(=O)CCC#Cc1cccc(C(O)CCNC(=O)OC(C)(C)C)c1.NCCC(O)c1cccc(Br)c1. The van der Waals surface area contributed by atoms with Crippen molar-refractivity contribution in [2.75, 3.05) is 26.2 Å². The van der Waals surface area contributed by atoms with Crippen LogP contribution in [0, 0.1) is 36.0 Å². The second kappa shape index (κ2) is 51.7. The molecule has 2 amide bonds. The molecule has 20 nitrogen and oxygen atoms in total. The number of benzene rings is 4. The number of hydrogen-bond acceptors (Lipinski definition) is 18. The number of aliphatic hydroxyl groups excluding tert-OH is 4. The number of terminal acetylenes is 1. The number of halogens is 2. The fourth-order valence-corrected chi connectivity index (χ4v) is 8.23. The van der Waals surface area contributed by atoms with Crippen LogP contribution in [-0.2, 0) is 38.1 Å². The van der Waals surface area contributed by atoms with E-state index in [1.807, 2.05) is 139 Å². The van der Waals surface area contributed by atoms with Crippen molar-refractivity contribution in [1.82, 2.24) is 10.6 Å². The minimum atomic E-state index is -1.06. The zero-order valence-electron chi connectivity index (χ0n) is 60.7. The Hall–Kier alpha value is -7.43. The molecule has 0 radical (unpaired) electrons. The molecule has 4 atom stereocenters. The molecule has 4 unspecified atom stereocenters. The first-order valence-corrected chi connectivity index (χ1v) is 34.7. The fourth-order valence-electron chi connectivity index (χ4n) is 7.39. The molecule has 22 heteroatoms. The quantitative estimate of drug-likeness (QED) is 0.0148. The van der Waals surface area contributed by atoms with E-state index >= 15 is 0 Å². The lowest BCUT2D eigenvalue weighted by Gasteiger charge is -2.20. The third-order valence-electron chi connectivity index (χ3n) is 12.3. The van der Waals surface area contributed by atoms with Gasteiger partial charge in [0, 0.05) is 90.9 Å². The van der Waals surface area contributed by atoms with Crippen LogP contribution in [0.5, 0.6) is 0 Å². The molecule has 0 heterocycles. The van der Waals surface area contributed by atoms with E-state index in [0.717, 1.165) is 42.3 Å². The lowest BCUT2D eigenvalue weighted by molar-refractivity contribution is -0.119. The molecule has 548 valence electrons. The van der Waals surface area contributed by atoms with Gasteiger partial charge >= 0.3 is 24.5 Å². The second-order valence-electron chi connectivity index (χ2n) is 26.0. The topological polar surface area (TPSA) is 323 Å². The molecule has 4 aromatic rings. The molecular formula is C77H110Br2N4O16.